The lowest BCUT2D eigenvalue weighted by Crippen LogP contribution is -2.32. The quantitative estimate of drug-likeness (QED) is 0.269. The molecule has 2 aromatic heterocycles. The predicted octanol–water partition coefficient (Wildman–Crippen LogP) is 5.82. The lowest BCUT2D eigenvalue weighted by Gasteiger charge is -2.21. The average Bonchev–Trinajstić information content (AvgIpc) is 3.16. The first kappa shape index (κ1) is 25.8. The molecule has 1 fully saturated rings. The number of thioether (sulfide) groups is 1. The summed E-state index contributed by atoms with van der Waals surface area (Å²) in [5.74, 6) is -0.243. The van der Waals surface area contributed by atoms with Crippen molar-refractivity contribution in [3.05, 3.63) is 78.1 Å². The number of rotatable bonds is 7. The fourth-order valence-electron chi connectivity index (χ4n) is 4.45. The maximum Gasteiger partial charge on any atom is 0.260 e. The number of thiazole rings is 1. The maximum absolute atomic E-state index is 13.8. The van der Waals surface area contributed by atoms with Crippen molar-refractivity contribution in [3.63, 3.8) is 0 Å². The first-order chi connectivity index (χ1) is 18.0. The van der Waals surface area contributed by atoms with Crippen LogP contribution in [-0.4, -0.2) is 47.9 Å². The molecule has 7 nitrogen and oxygen atoms in total. The van der Waals surface area contributed by atoms with Gasteiger partial charge in [-0.1, -0.05) is 36.3 Å². The first-order valence-corrected chi connectivity index (χ1v) is 15.7. The van der Waals surface area contributed by atoms with Gasteiger partial charge in [0.05, 0.1) is 21.7 Å². The van der Waals surface area contributed by atoms with Crippen LogP contribution in [0, 0.1) is 0 Å². The molecule has 0 radical (unpaired) electrons. The summed E-state index contributed by atoms with van der Waals surface area (Å²) in [6.07, 6.45) is 9.29. The number of anilines is 1. The van der Waals surface area contributed by atoms with Gasteiger partial charge in [0.25, 0.3) is 5.91 Å². The molecule has 0 unspecified atom stereocenters. The minimum atomic E-state index is -3.59. The van der Waals surface area contributed by atoms with E-state index in [0.717, 1.165) is 46.4 Å². The monoisotopic (exact) mass is 552 g/mol. The van der Waals surface area contributed by atoms with E-state index in [9.17, 15) is 13.2 Å². The molecule has 0 atom stereocenters. The van der Waals surface area contributed by atoms with Crippen LogP contribution >= 0.6 is 23.1 Å². The van der Waals surface area contributed by atoms with Crippen molar-refractivity contribution in [3.8, 4) is 0 Å². The number of hydrogen-bond acceptors (Lipinski definition) is 7. The van der Waals surface area contributed by atoms with Gasteiger partial charge in [-0.25, -0.2) is 13.4 Å². The van der Waals surface area contributed by atoms with Gasteiger partial charge < -0.3 is 0 Å². The highest BCUT2D eigenvalue weighted by Crippen LogP contribution is 2.35. The van der Waals surface area contributed by atoms with Crippen LogP contribution in [0.2, 0.25) is 0 Å². The summed E-state index contributed by atoms with van der Waals surface area (Å²) >= 11 is 3.08. The predicted molar refractivity (Wildman–Crippen MR) is 150 cm³/mol. The van der Waals surface area contributed by atoms with Gasteiger partial charge in [0.15, 0.2) is 5.13 Å². The number of amides is 1. The van der Waals surface area contributed by atoms with Crippen LogP contribution in [0.4, 0.5) is 5.13 Å². The van der Waals surface area contributed by atoms with Gasteiger partial charge in [-0.05, 0) is 67.1 Å². The number of fused-ring (bicyclic) bond motifs is 1. The number of nitrogens with zero attached hydrogens (tertiary/aromatic N) is 4. The Kier molecular flexibility index (Phi) is 7.89. The van der Waals surface area contributed by atoms with Crippen LogP contribution in [0.15, 0.2) is 76.8 Å². The van der Waals surface area contributed by atoms with E-state index in [2.05, 4.69) is 4.98 Å². The normalized spacial score (nSPS) is 14.9. The minimum Gasteiger partial charge on any atom is -0.279 e. The largest absolute Gasteiger partial charge is 0.279 e. The third-order valence-electron chi connectivity index (χ3n) is 6.43. The number of benzene rings is 2. The van der Waals surface area contributed by atoms with Crippen molar-refractivity contribution in [1.82, 2.24) is 14.3 Å². The number of sulfonamides is 1. The molecule has 0 bridgehead atoms. The molecule has 4 aromatic rings. The van der Waals surface area contributed by atoms with Gasteiger partial charge in [0.2, 0.25) is 10.0 Å². The van der Waals surface area contributed by atoms with Crippen LogP contribution in [0.1, 0.15) is 41.6 Å². The smallest absolute Gasteiger partial charge is 0.260 e. The Morgan fingerprint density at radius 2 is 1.78 bits per heavy atom. The second kappa shape index (κ2) is 11.3. The van der Waals surface area contributed by atoms with Crippen molar-refractivity contribution in [2.24, 2.45) is 0 Å². The highest BCUT2D eigenvalue weighted by molar-refractivity contribution is 7.98. The first-order valence-electron chi connectivity index (χ1n) is 12.2. The second-order valence-electron chi connectivity index (χ2n) is 8.90. The molecule has 0 spiro atoms. The van der Waals surface area contributed by atoms with E-state index in [4.69, 9.17) is 4.98 Å². The SMILES string of the molecule is CSc1cccc2sc(N(Cc3cccnc3)C(=O)c3ccc(S(=O)(=O)N4CCCCCC4)cc3)nc12. The highest BCUT2D eigenvalue weighted by Gasteiger charge is 2.27. The fraction of sp³-hybridized carbons (Fsp3) is 0.296. The molecule has 2 aromatic carbocycles. The summed E-state index contributed by atoms with van der Waals surface area (Å²) in [4.78, 5) is 25.7. The lowest BCUT2D eigenvalue weighted by molar-refractivity contribution is 0.0985. The van der Waals surface area contributed by atoms with E-state index >= 15 is 0 Å². The van der Waals surface area contributed by atoms with E-state index in [1.807, 2.05) is 36.6 Å². The van der Waals surface area contributed by atoms with Crippen molar-refractivity contribution in [2.45, 2.75) is 42.0 Å². The molecule has 3 heterocycles. The summed E-state index contributed by atoms with van der Waals surface area (Å²) in [7, 11) is -3.59. The molecule has 192 valence electrons. The molecule has 0 aliphatic carbocycles. The Balaban J connectivity index is 1.47. The molecule has 1 amide bonds. The van der Waals surface area contributed by atoms with Gasteiger partial charge >= 0.3 is 0 Å². The Morgan fingerprint density at radius 3 is 2.46 bits per heavy atom. The summed E-state index contributed by atoms with van der Waals surface area (Å²) in [6, 6.07) is 16.1. The maximum atomic E-state index is 13.8. The Hall–Kier alpha value is -2.79. The van der Waals surface area contributed by atoms with Crippen molar-refractivity contribution >= 4 is 54.4 Å². The Morgan fingerprint density at radius 1 is 1.03 bits per heavy atom. The van der Waals surface area contributed by atoms with Crippen LogP contribution in [0.25, 0.3) is 10.2 Å². The molecule has 10 heteroatoms. The molecule has 1 aliphatic heterocycles. The topological polar surface area (TPSA) is 83.5 Å². The zero-order chi connectivity index (χ0) is 25.8. The summed E-state index contributed by atoms with van der Waals surface area (Å²) in [6.45, 7) is 1.38. The summed E-state index contributed by atoms with van der Waals surface area (Å²) < 4.78 is 29.0. The van der Waals surface area contributed by atoms with Crippen LogP contribution in [0.3, 0.4) is 0 Å². The molecule has 1 aliphatic rings. The number of pyridine rings is 1. The molecule has 0 N–H and O–H groups in total. The minimum absolute atomic E-state index is 0.217. The zero-order valence-electron chi connectivity index (χ0n) is 20.5. The number of carbonyl (C=O) groups is 1. The average molecular weight is 553 g/mol. The molecule has 37 heavy (non-hydrogen) atoms. The van der Waals surface area contributed by atoms with Crippen LogP contribution in [-0.2, 0) is 16.6 Å². The Bertz CT molecular complexity index is 1480. The highest BCUT2D eigenvalue weighted by atomic mass is 32.2. The van der Waals surface area contributed by atoms with E-state index in [-0.39, 0.29) is 10.8 Å². The van der Waals surface area contributed by atoms with Crippen molar-refractivity contribution in [1.29, 1.82) is 0 Å². The molecule has 0 saturated carbocycles. The molecule has 1 saturated heterocycles. The van der Waals surface area contributed by atoms with Gasteiger partial charge in [0.1, 0.15) is 0 Å². The van der Waals surface area contributed by atoms with Gasteiger partial charge in [-0.15, -0.1) is 11.8 Å². The Labute approximate surface area is 225 Å². The number of para-hydroxylation sites is 1. The lowest BCUT2D eigenvalue weighted by atomic mass is 10.2. The zero-order valence-corrected chi connectivity index (χ0v) is 23.0. The fourth-order valence-corrected chi connectivity index (χ4v) is 7.58. The number of hydrogen-bond donors (Lipinski definition) is 0. The van der Waals surface area contributed by atoms with E-state index in [0.29, 0.717) is 30.3 Å². The molecular formula is C27H28N4O3S3. The number of carbonyl (C=O) groups excluding carboxylic acids is 1. The summed E-state index contributed by atoms with van der Waals surface area (Å²) in [5, 5.41) is 0.589. The molecule has 5 rings (SSSR count). The third kappa shape index (κ3) is 5.57. The van der Waals surface area contributed by atoms with Crippen molar-refractivity contribution < 1.29 is 13.2 Å². The van der Waals surface area contributed by atoms with Gasteiger partial charge in [-0.2, -0.15) is 4.31 Å². The van der Waals surface area contributed by atoms with E-state index < -0.39 is 10.0 Å². The van der Waals surface area contributed by atoms with Crippen LogP contribution in [0.5, 0.6) is 0 Å². The van der Waals surface area contributed by atoms with Gasteiger partial charge in [-0.3, -0.25) is 14.7 Å². The second-order valence-corrected chi connectivity index (χ2v) is 12.7. The van der Waals surface area contributed by atoms with Crippen LogP contribution < -0.4 is 4.90 Å². The number of aromatic nitrogens is 2. The third-order valence-corrected chi connectivity index (χ3v) is 10.2. The van der Waals surface area contributed by atoms with Gasteiger partial charge in [0, 0.05) is 35.9 Å². The van der Waals surface area contributed by atoms with E-state index in [1.165, 1.54) is 11.3 Å². The molecular weight excluding hydrogens is 525 g/mol. The standard InChI is InChI=1S/C27H28N4O3S3/c1-35-23-9-6-10-24-25(23)29-27(36-24)31(19-20-8-7-15-28-18-20)26(32)21-11-13-22(14-12-21)37(33,34)30-16-4-2-3-5-17-30/h6-15,18H,2-5,16-17,19H2,1H3. The summed E-state index contributed by atoms with van der Waals surface area (Å²) in [5.41, 5.74) is 2.15. The van der Waals surface area contributed by atoms with Crippen molar-refractivity contribution in [2.75, 3.05) is 24.2 Å². The van der Waals surface area contributed by atoms with E-state index in [1.54, 1.807) is 57.6 Å².